The van der Waals surface area contributed by atoms with Crippen LogP contribution in [0.25, 0.3) is 10.6 Å². The fourth-order valence-corrected chi connectivity index (χ4v) is 6.33. The molecule has 9 nitrogen and oxygen atoms in total. The standard InChI is InChI=1S/C28H28N4O5S2/c1-28(2,3)19-10-15-23-22(16-19)32(39(34,35)21-13-11-20(36-4)12-14-21)17-24(37-23)25(33)29-27-31-30-26(38-27)18-8-6-5-7-9-18/h5-16,24H,17H2,1-4H3,(H,29,31,33)/t24-/m0/s1. The molecule has 0 spiro atoms. The van der Waals surface area contributed by atoms with Crippen LogP contribution in [-0.2, 0) is 20.2 Å². The van der Waals surface area contributed by atoms with Gasteiger partial charge in [-0.2, -0.15) is 0 Å². The molecular formula is C28H28N4O5S2. The highest BCUT2D eigenvalue weighted by molar-refractivity contribution is 7.92. The molecule has 11 heteroatoms. The lowest BCUT2D eigenvalue weighted by Crippen LogP contribution is -2.49. The maximum Gasteiger partial charge on any atom is 0.269 e. The molecule has 0 unspecified atom stereocenters. The van der Waals surface area contributed by atoms with Crippen LogP contribution in [0, 0.1) is 0 Å². The van der Waals surface area contributed by atoms with Crippen molar-refractivity contribution in [3.63, 3.8) is 0 Å². The van der Waals surface area contributed by atoms with E-state index in [1.54, 1.807) is 24.3 Å². The Morgan fingerprint density at radius 2 is 1.77 bits per heavy atom. The molecule has 0 saturated heterocycles. The van der Waals surface area contributed by atoms with Crippen LogP contribution in [0.15, 0.2) is 77.7 Å². The van der Waals surface area contributed by atoms with Crippen LogP contribution >= 0.6 is 11.3 Å². The van der Waals surface area contributed by atoms with E-state index in [4.69, 9.17) is 9.47 Å². The van der Waals surface area contributed by atoms with Gasteiger partial charge in [0.15, 0.2) is 6.10 Å². The third-order valence-electron chi connectivity index (χ3n) is 6.31. The highest BCUT2D eigenvalue weighted by Crippen LogP contribution is 2.40. The fraction of sp³-hybridized carbons (Fsp3) is 0.250. The normalized spacial score (nSPS) is 15.3. The number of rotatable bonds is 6. The Kier molecular flexibility index (Phi) is 7.04. The maximum absolute atomic E-state index is 13.9. The number of sulfonamides is 1. The van der Waals surface area contributed by atoms with Gasteiger partial charge in [-0.3, -0.25) is 14.4 Å². The van der Waals surface area contributed by atoms with Gasteiger partial charge < -0.3 is 9.47 Å². The van der Waals surface area contributed by atoms with Gasteiger partial charge in [0, 0.05) is 5.56 Å². The zero-order chi connectivity index (χ0) is 27.8. The van der Waals surface area contributed by atoms with Crippen LogP contribution < -0.4 is 19.1 Å². The summed E-state index contributed by atoms with van der Waals surface area (Å²) >= 11 is 1.22. The van der Waals surface area contributed by atoms with Crippen LogP contribution in [0.1, 0.15) is 26.3 Å². The summed E-state index contributed by atoms with van der Waals surface area (Å²) in [6.07, 6.45) is -1.12. The maximum atomic E-state index is 13.9. The van der Waals surface area contributed by atoms with Crippen molar-refractivity contribution in [1.29, 1.82) is 0 Å². The lowest BCUT2D eigenvalue weighted by molar-refractivity contribution is -0.122. The molecule has 0 bridgehead atoms. The largest absolute Gasteiger partial charge is 0.497 e. The third-order valence-corrected chi connectivity index (χ3v) is 8.99. The number of benzene rings is 3. The molecule has 1 N–H and O–H groups in total. The Morgan fingerprint density at radius 1 is 1.05 bits per heavy atom. The molecule has 39 heavy (non-hydrogen) atoms. The Hall–Kier alpha value is -3.96. The van der Waals surface area contributed by atoms with Crippen molar-refractivity contribution < 1.29 is 22.7 Å². The number of hydrogen-bond acceptors (Lipinski definition) is 8. The summed E-state index contributed by atoms with van der Waals surface area (Å²) < 4.78 is 40.2. The molecule has 0 radical (unpaired) electrons. The zero-order valence-electron chi connectivity index (χ0n) is 21.9. The number of ether oxygens (including phenoxy) is 2. The van der Waals surface area contributed by atoms with E-state index in [0.29, 0.717) is 27.3 Å². The second kappa shape index (κ2) is 10.3. The van der Waals surface area contributed by atoms with E-state index in [2.05, 4.69) is 15.5 Å². The minimum atomic E-state index is -4.04. The van der Waals surface area contributed by atoms with Crippen molar-refractivity contribution in [2.45, 2.75) is 37.2 Å². The summed E-state index contributed by atoms with van der Waals surface area (Å²) in [5.74, 6) is 0.315. The Bertz CT molecular complexity index is 1600. The van der Waals surface area contributed by atoms with E-state index in [-0.39, 0.29) is 16.9 Å². The van der Waals surface area contributed by atoms with Crippen LogP contribution in [0.3, 0.4) is 0 Å². The number of fused-ring (bicyclic) bond motifs is 1. The van der Waals surface area contributed by atoms with E-state index in [1.165, 1.54) is 34.9 Å². The third kappa shape index (κ3) is 5.45. The van der Waals surface area contributed by atoms with Crippen LogP contribution in [0.4, 0.5) is 10.8 Å². The van der Waals surface area contributed by atoms with E-state index in [9.17, 15) is 13.2 Å². The molecule has 1 aliphatic heterocycles. The van der Waals surface area contributed by atoms with Gasteiger partial charge in [-0.25, -0.2) is 8.42 Å². The molecule has 0 fully saturated rings. The zero-order valence-corrected chi connectivity index (χ0v) is 23.5. The van der Waals surface area contributed by atoms with Crippen molar-refractivity contribution in [1.82, 2.24) is 10.2 Å². The lowest BCUT2D eigenvalue weighted by Gasteiger charge is -2.35. The van der Waals surface area contributed by atoms with Crippen LogP contribution in [0.2, 0.25) is 0 Å². The van der Waals surface area contributed by atoms with Crippen molar-refractivity contribution in [3.8, 4) is 22.1 Å². The Balaban J connectivity index is 1.47. The lowest BCUT2D eigenvalue weighted by atomic mass is 9.86. The first-order valence-electron chi connectivity index (χ1n) is 12.2. The van der Waals surface area contributed by atoms with E-state index < -0.39 is 22.0 Å². The second-order valence-electron chi connectivity index (χ2n) is 10.0. The molecule has 3 aromatic carbocycles. The number of carbonyl (C=O) groups excluding carboxylic acids is 1. The Labute approximate surface area is 231 Å². The molecule has 0 aliphatic carbocycles. The van der Waals surface area contributed by atoms with Crippen molar-refractivity contribution in [2.24, 2.45) is 0 Å². The molecule has 2 heterocycles. The molecule has 1 aromatic heterocycles. The quantitative estimate of drug-likeness (QED) is 0.347. The molecule has 202 valence electrons. The number of nitrogens with one attached hydrogen (secondary N) is 1. The van der Waals surface area contributed by atoms with E-state index >= 15 is 0 Å². The number of amides is 1. The van der Waals surface area contributed by atoms with Crippen molar-refractivity contribution in [2.75, 3.05) is 23.3 Å². The summed E-state index contributed by atoms with van der Waals surface area (Å²) in [5.41, 5.74) is 1.96. The molecule has 5 rings (SSSR count). The average molecular weight is 565 g/mol. The molecule has 1 atom stereocenters. The highest BCUT2D eigenvalue weighted by Gasteiger charge is 2.38. The van der Waals surface area contributed by atoms with Gasteiger partial charge in [-0.05, 0) is 47.4 Å². The monoisotopic (exact) mass is 564 g/mol. The number of nitrogens with zero attached hydrogens (tertiary/aromatic N) is 3. The fourth-order valence-electron chi connectivity index (χ4n) is 4.11. The number of methoxy groups -OCH3 is 1. The van der Waals surface area contributed by atoms with Gasteiger partial charge in [0.25, 0.3) is 15.9 Å². The smallest absolute Gasteiger partial charge is 0.269 e. The van der Waals surface area contributed by atoms with E-state index in [0.717, 1.165) is 11.1 Å². The van der Waals surface area contributed by atoms with Crippen LogP contribution in [0.5, 0.6) is 11.5 Å². The predicted octanol–water partition coefficient (Wildman–Crippen LogP) is 5.11. The van der Waals surface area contributed by atoms with Crippen LogP contribution in [-0.4, -0.2) is 44.3 Å². The number of anilines is 2. The first kappa shape index (κ1) is 26.6. The molecular weight excluding hydrogens is 536 g/mol. The highest BCUT2D eigenvalue weighted by atomic mass is 32.2. The van der Waals surface area contributed by atoms with E-state index in [1.807, 2.05) is 57.2 Å². The number of carbonyl (C=O) groups is 1. The molecule has 0 saturated carbocycles. The predicted molar refractivity (Wildman–Crippen MR) is 151 cm³/mol. The minimum Gasteiger partial charge on any atom is -0.497 e. The first-order chi connectivity index (χ1) is 18.6. The number of aromatic nitrogens is 2. The SMILES string of the molecule is COc1ccc(S(=O)(=O)N2C[C@@H](C(=O)Nc3nnc(-c4ccccc4)s3)Oc3ccc(C(C)(C)C)cc32)cc1. The van der Waals surface area contributed by atoms with Gasteiger partial charge in [-0.1, -0.05) is 68.5 Å². The second-order valence-corrected chi connectivity index (χ2v) is 12.9. The summed E-state index contributed by atoms with van der Waals surface area (Å²) in [4.78, 5) is 13.4. The van der Waals surface area contributed by atoms with Gasteiger partial charge in [0.1, 0.15) is 16.5 Å². The first-order valence-corrected chi connectivity index (χ1v) is 14.5. The van der Waals surface area contributed by atoms with Gasteiger partial charge in [0.05, 0.1) is 24.2 Å². The minimum absolute atomic E-state index is 0.0769. The van der Waals surface area contributed by atoms with Crippen molar-refractivity contribution in [3.05, 3.63) is 78.4 Å². The molecule has 1 aliphatic rings. The topological polar surface area (TPSA) is 111 Å². The molecule has 4 aromatic rings. The molecule has 1 amide bonds. The summed E-state index contributed by atoms with van der Waals surface area (Å²) in [6, 6.07) is 21.0. The van der Waals surface area contributed by atoms with Gasteiger partial charge in [0.2, 0.25) is 5.13 Å². The van der Waals surface area contributed by atoms with Crippen molar-refractivity contribution >= 4 is 38.1 Å². The Morgan fingerprint density at radius 3 is 2.44 bits per heavy atom. The number of hydrogen-bond donors (Lipinski definition) is 1. The summed E-state index contributed by atoms with van der Waals surface area (Å²) in [5, 5.41) is 11.9. The summed E-state index contributed by atoms with van der Waals surface area (Å²) in [7, 11) is -2.53. The van der Waals surface area contributed by atoms with Gasteiger partial charge in [-0.15, -0.1) is 10.2 Å². The van der Waals surface area contributed by atoms with Gasteiger partial charge >= 0.3 is 0 Å². The average Bonchev–Trinajstić information content (AvgIpc) is 3.40. The summed E-state index contributed by atoms with van der Waals surface area (Å²) in [6.45, 7) is 5.92.